The zero-order valence-electron chi connectivity index (χ0n) is 14.6. The zero-order chi connectivity index (χ0) is 19.4. The van der Waals surface area contributed by atoms with Crippen molar-refractivity contribution in [2.45, 2.75) is 13.1 Å². The topological polar surface area (TPSA) is 17.1 Å². The number of carbonyl (C=O) groups excluding carboxylic acids is 1. The monoisotopic (exact) mass is 366 g/mol. The van der Waals surface area contributed by atoms with Gasteiger partial charge in [0.05, 0.1) is 5.56 Å². The van der Waals surface area contributed by atoms with E-state index in [2.05, 4.69) is 0 Å². The van der Waals surface area contributed by atoms with Crippen molar-refractivity contribution in [3.05, 3.63) is 94.5 Å². The lowest BCUT2D eigenvalue weighted by Crippen LogP contribution is -2.08. The van der Waals surface area contributed by atoms with E-state index < -0.39 is 11.7 Å². The van der Waals surface area contributed by atoms with E-state index in [1.807, 2.05) is 55.5 Å². The summed E-state index contributed by atoms with van der Waals surface area (Å²) in [5.41, 5.74) is 3.11. The molecule has 0 saturated heterocycles. The second-order valence-corrected chi connectivity index (χ2v) is 6.18. The molecule has 0 heterocycles. The number of hydrogen-bond acceptors (Lipinski definition) is 1. The van der Waals surface area contributed by atoms with Gasteiger partial charge in [-0.3, -0.25) is 4.79 Å². The highest BCUT2D eigenvalue weighted by molar-refractivity contribution is 5.80. The Morgan fingerprint density at radius 1 is 0.815 bits per heavy atom. The first-order chi connectivity index (χ1) is 12.9. The van der Waals surface area contributed by atoms with Crippen molar-refractivity contribution in [1.82, 2.24) is 0 Å². The lowest BCUT2D eigenvalue weighted by Gasteiger charge is -2.12. The summed E-state index contributed by atoms with van der Waals surface area (Å²) in [7, 11) is 0. The molecular weight excluding hydrogens is 349 g/mol. The lowest BCUT2D eigenvalue weighted by molar-refractivity contribution is -0.137. The summed E-state index contributed by atoms with van der Waals surface area (Å²) >= 11 is 0. The maximum absolute atomic E-state index is 13.3. The molecule has 0 fully saturated rings. The van der Waals surface area contributed by atoms with Gasteiger partial charge in [-0.25, -0.2) is 0 Å². The van der Waals surface area contributed by atoms with Crippen LogP contribution in [0.25, 0.3) is 23.3 Å². The Bertz CT molecular complexity index is 986. The summed E-state index contributed by atoms with van der Waals surface area (Å²) in [6, 6.07) is 19.1. The van der Waals surface area contributed by atoms with Crippen LogP contribution < -0.4 is 0 Å². The van der Waals surface area contributed by atoms with E-state index in [-0.39, 0.29) is 11.1 Å². The van der Waals surface area contributed by atoms with Crippen molar-refractivity contribution >= 4 is 18.4 Å². The lowest BCUT2D eigenvalue weighted by atomic mass is 9.95. The smallest absolute Gasteiger partial charge is 0.298 e. The van der Waals surface area contributed by atoms with E-state index in [9.17, 15) is 18.0 Å². The number of benzene rings is 3. The van der Waals surface area contributed by atoms with Gasteiger partial charge in [0.25, 0.3) is 0 Å². The fourth-order valence-corrected chi connectivity index (χ4v) is 2.98. The first-order valence-corrected chi connectivity index (χ1v) is 8.39. The molecule has 0 amide bonds. The highest BCUT2D eigenvalue weighted by Crippen LogP contribution is 2.34. The van der Waals surface area contributed by atoms with Crippen LogP contribution in [-0.4, -0.2) is 6.29 Å². The van der Waals surface area contributed by atoms with Gasteiger partial charge in [0.2, 0.25) is 0 Å². The van der Waals surface area contributed by atoms with Gasteiger partial charge in [-0.1, -0.05) is 72.8 Å². The maximum Gasteiger partial charge on any atom is 0.417 e. The Kier molecular flexibility index (Phi) is 5.26. The number of hydrogen-bond donors (Lipinski definition) is 0. The van der Waals surface area contributed by atoms with E-state index in [1.54, 1.807) is 6.08 Å². The number of halogens is 3. The zero-order valence-corrected chi connectivity index (χ0v) is 14.6. The molecule has 0 aliphatic carbocycles. The van der Waals surface area contributed by atoms with Crippen LogP contribution in [0.1, 0.15) is 32.6 Å². The molecule has 3 rings (SSSR count). The van der Waals surface area contributed by atoms with Crippen LogP contribution in [0.2, 0.25) is 0 Å². The van der Waals surface area contributed by atoms with Crippen molar-refractivity contribution in [2.24, 2.45) is 0 Å². The molecule has 0 atom stereocenters. The fraction of sp³-hybridized carbons (Fsp3) is 0.0870. The van der Waals surface area contributed by atoms with Gasteiger partial charge in [0, 0.05) is 5.56 Å². The normalized spacial score (nSPS) is 11.7. The Morgan fingerprint density at radius 3 is 2.19 bits per heavy atom. The molecule has 27 heavy (non-hydrogen) atoms. The molecule has 136 valence electrons. The number of carbonyl (C=O) groups is 1. The van der Waals surface area contributed by atoms with E-state index >= 15 is 0 Å². The van der Waals surface area contributed by atoms with Gasteiger partial charge in [-0.05, 0) is 40.8 Å². The maximum atomic E-state index is 13.3. The molecule has 0 aromatic heterocycles. The summed E-state index contributed by atoms with van der Waals surface area (Å²) in [5, 5.41) is 0. The second kappa shape index (κ2) is 7.62. The Labute approximate surface area is 155 Å². The van der Waals surface area contributed by atoms with Crippen molar-refractivity contribution < 1.29 is 18.0 Å². The SMILES string of the molecule is Cc1c(/C=C/c2ccc(C=O)cc2C(F)(F)F)cccc1-c1ccccc1. The molecule has 0 N–H and O–H groups in total. The van der Waals surface area contributed by atoms with Crippen LogP contribution in [0, 0.1) is 6.92 Å². The summed E-state index contributed by atoms with van der Waals surface area (Å²) in [5.74, 6) is 0. The van der Waals surface area contributed by atoms with Crippen LogP contribution in [-0.2, 0) is 6.18 Å². The van der Waals surface area contributed by atoms with Crippen molar-refractivity contribution in [3.8, 4) is 11.1 Å². The third kappa shape index (κ3) is 4.17. The minimum absolute atomic E-state index is 0.00160. The van der Waals surface area contributed by atoms with Crippen LogP contribution in [0.3, 0.4) is 0 Å². The second-order valence-electron chi connectivity index (χ2n) is 6.18. The van der Waals surface area contributed by atoms with E-state index in [0.29, 0.717) is 6.29 Å². The number of rotatable bonds is 4. The molecular formula is C23H17F3O. The van der Waals surface area contributed by atoms with Gasteiger partial charge < -0.3 is 0 Å². The molecule has 0 unspecified atom stereocenters. The van der Waals surface area contributed by atoms with E-state index in [0.717, 1.165) is 28.3 Å². The molecule has 3 aromatic carbocycles. The molecule has 0 spiro atoms. The first kappa shape index (κ1) is 18.6. The van der Waals surface area contributed by atoms with Crippen LogP contribution in [0.15, 0.2) is 66.7 Å². The fourth-order valence-electron chi connectivity index (χ4n) is 2.98. The quantitative estimate of drug-likeness (QED) is 0.372. The molecule has 0 aliphatic heterocycles. The average molecular weight is 366 g/mol. The third-order valence-electron chi connectivity index (χ3n) is 4.42. The summed E-state index contributed by atoms with van der Waals surface area (Å²) in [6.07, 6.45) is -1.00. The summed E-state index contributed by atoms with van der Waals surface area (Å²) in [6.45, 7) is 1.95. The number of alkyl halides is 3. The van der Waals surface area contributed by atoms with Crippen LogP contribution in [0.5, 0.6) is 0 Å². The summed E-state index contributed by atoms with van der Waals surface area (Å²) in [4.78, 5) is 10.8. The van der Waals surface area contributed by atoms with Crippen molar-refractivity contribution in [3.63, 3.8) is 0 Å². The number of aldehydes is 1. The molecule has 4 heteroatoms. The average Bonchev–Trinajstić information content (AvgIpc) is 2.67. The standard InChI is InChI=1S/C23H17F3O/c1-16-18(8-5-9-21(16)19-6-3-2-4-7-19)12-13-20-11-10-17(15-27)14-22(20)23(24,25)26/h2-15H,1H3/b13-12+. The minimum Gasteiger partial charge on any atom is -0.298 e. The molecule has 0 radical (unpaired) electrons. The molecule has 0 aliphatic rings. The van der Waals surface area contributed by atoms with Crippen LogP contribution in [0.4, 0.5) is 13.2 Å². The van der Waals surface area contributed by atoms with Gasteiger partial charge in [-0.15, -0.1) is 0 Å². The van der Waals surface area contributed by atoms with Gasteiger partial charge in [0.1, 0.15) is 6.29 Å². The van der Waals surface area contributed by atoms with E-state index in [1.165, 1.54) is 18.2 Å². The third-order valence-corrected chi connectivity index (χ3v) is 4.42. The molecule has 1 nitrogen and oxygen atoms in total. The predicted molar refractivity (Wildman–Crippen MR) is 102 cm³/mol. The predicted octanol–water partition coefficient (Wildman–Crippen LogP) is 6.66. The Morgan fingerprint density at radius 2 is 1.52 bits per heavy atom. The van der Waals surface area contributed by atoms with Gasteiger partial charge in [0.15, 0.2) is 0 Å². The van der Waals surface area contributed by atoms with Crippen molar-refractivity contribution in [1.29, 1.82) is 0 Å². The minimum atomic E-state index is -4.53. The summed E-state index contributed by atoms with van der Waals surface area (Å²) < 4.78 is 39.9. The Balaban J connectivity index is 2.02. The largest absolute Gasteiger partial charge is 0.417 e. The molecule has 3 aromatic rings. The van der Waals surface area contributed by atoms with E-state index in [4.69, 9.17) is 0 Å². The highest BCUT2D eigenvalue weighted by atomic mass is 19.4. The first-order valence-electron chi connectivity index (χ1n) is 8.39. The Hall–Kier alpha value is -3.14. The van der Waals surface area contributed by atoms with Crippen molar-refractivity contribution in [2.75, 3.05) is 0 Å². The highest BCUT2D eigenvalue weighted by Gasteiger charge is 2.32. The van der Waals surface area contributed by atoms with Gasteiger partial charge in [-0.2, -0.15) is 13.2 Å². The van der Waals surface area contributed by atoms with Crippen LogP contribution >= 0.6 is 0 Å². The molecule has 0 saturated carbocycles. The van der Waals surface area contributed by atoms with Gasteiger partial charge >= 0.3 is 6.18 Å². The molecule has 0 bridgehead atoms.